The highest BCUT2D eigenvalue weighted by atomic mass is 16.5. The van der Waals surface area contributed by atoms with Crippen molar-refractivity contribution in [1.82, 2.24) is 9.55 Å². The Bertz CT molecular complexity index is 798. The van der Waals surface area contributed by atoms with Crippen molar-refractivity contribution in [3.05, 3.63) is 36.0 Å². The Morgan fingerprint density at radius 3 is 2.40 bits per heavy atom. The second kappa shape index (κ2) is 7.61. The molecule has 0 bridgehead atoms. The number of benzene rings is 1. The number of imidazole rings is 1. The van der Waals surface area contributed by atoms with Gasteiger partial charge >= 0.3 is 5.97 Å². The van der Waals surface area contributed by atoms with Crippen LogP contribution in [-0.4, -0.2) is 33.9 Å². The minimum Gasteiger partial charge on any atom is -0.464 e. The van der Waals surface area contributed by atoms with E-state index in [9.17, 15) is 14.4 Å². The molecule has 1 aromatic heterocycles. The quantitative estimate of drug-likeness (QED) is 0.774. The molecule has 1 heterocycles. The molecule has 3 N–H and O–H groups in total. The molecule has 1 unspecified atom stereocenters. The lowest BCUT2D eigenvalue weighted by molar-refractivity contribution is -0.141. The summed E-state index contributed by atoms with van der Waals surface area (Å²) in [5.41, 5.74) is 6.67. The molecule has 0 saturated heterocycles. The van der Waals surface area contributed by atoms with Gasteiger partial charge in [0.2, 0.25) is 11.9 Å². The van der Waals surface area contributed by atoms with Crippen LogP contribution in [0.15, 0.2) is 30.3 Å². The molecule has 0 spiro atoms. The summed E-state index contributed by atoms with van der Waals surface area (Å²) in [5, 5.41) is 2.59. The molecule has 132 valence electrons. The molecule has 2 aromatic rings. The third-order valence-electron chi connectivity index (χ3n) is 3.45. The largest absolute Gasteiger partial charge is 0.464 e. The van der Waals surface area contributed by atoms with Gasteiger partial charge in [-0.15, -0.1) is 0 Å². The fourth-order valence-corrected chi connectivity index (χ4v) is 2.46. The first-order valence-corrected chi connectivity index (χ1v) is 7.69. The van der Waals surface area contributed by atoms with E-state index < -0.39 is 11.9 Å². The molecule has 2 rings (SSSR count). The number of carbonyl (C=O) groups is 3. The Morgan fingerprint density at radius 2 is 1.88 bits per heavy atom. The second-order valence-electron chi connectivity index (χ2n) is 5.57. The number of ether oxygens (including phenoxy) is 1. The Hall–Kier alpha value is -3.16. The lowest BCUT2D eigenvalue weighted by Gasteiger charge is -2.19. The van der Waals surface area contributed by atoms with Gasteiger partial charge in [0.05, 0.1) is 11.7 Å². The van der Waals surface area contributed by atoms with Gasteiger partial charge in [-0.2, -0.15) is 0 Å². The number of hydrogen-bond donors (Lipinski definition) is 2. The molecule has 1 atom stereocenters. The van der Waals surface area contributed by atoms with E-state index in [0.717, 1.165) is 0 Å². The van der Waals surface area contributed by atoms with E-state index in [4.69, 9.17) is 10.5 Å². The van der Waals surface area contributed by atoms with Crippen molar-refractivity contribution in [1.29, 1.82) is 0 Å². The van der Waals surface area contributed by atoms with Crippen LogP contribution in [0.1, 0.15) is 37.3 Å². The number of primary amides is 1. The van der Waals surface area contributed by atoms with E-state index in [1.165, 1.54) is 13.8 Å². The van der Waals surface area contributed by atoms with Crippen molar-refractivity contribution in [3.8, 4) is 11.3 Å². The van der Waals surface area contributed by atoms with Gasteiger partial charge in [-0.05, 0) is 6.92 Å². The maximum atomic E-state index is 11.9. The van der Waals surface area contributed by atoms with Crippen LogP contribution < -0.4 is 11.1 Å². The summed E-state index contributed by atoms with van der Waals surface area (Å²) in [6.07, 6.45) is 0. The van der Waals surface area contributed by atoms with Crippen LogP contribution >= 0.6 is 0 Å². The summed E-state index contributed by atoms with van der Waals surface area (Å²) in [5.74, 6) is -1.32. The van der Waals surface area contributed by atoms with Gasteiger partial charge < -0.3 is 15.0 Å². The van der Waals surface area contributed by atoms with E-state index in [1.54, 1.807) is 23.6 Å². The lowest BCUT2D eigenvalue weighted by Crippen LogP contribution is -2.20. The SMILES string of the molecule is CC(=O)Nc1nc(C(N)=O)c(-c2ccccc2)n1C(C)COC(C)=O. The highest BCUT2D eigenvalue weighted by molar-refractivity contribution is 5.99. The fraction of sp³-hybridized carbons (Fsp3) is 0.294. The first kappa shape index (κ1) is 18.2. The van der Waals surface area contributed by atoms with E-state index in [-0.39, 0.29) is 30.2 Å². The molecule has 2 amide bonds. The van der Waals surface area contributed by atoms with Crippen molar-refractivity contribution in [3.63, 3.8) is 0 Å². The first-order valence-electron chi connectivity index (χ1n) is 7.69. The van der Waals surface area contributed by atoms with Gasteiger partial charge in [0.1, 0.15) is 6.61 Å². The molecule has 0 aliphatic heterocycles. The molecular formula is C17H20N4O4. The zero-order valence-electron chi connectivity index (χ0n) is 14.3. The second-order valence-corrected chi connectivity index (χ2v) is 5.57. The monoisotopic (exact) mass is 344 g/mol. The van der Waals surface area contributed by atoms with Crippen molar-refractivity contribution in [2.45, 2.75) is 26.8 Å². The van der Waals surface area contributed by atoms with Crippen LogP contribution in [0.3, 0.4) is 0 Å². The third-order valence-corrected chi connectivity index (χ3v) is 3.45. The van der Waals surface area contributed by atoms with E-state index in [0.29, 0.717) is 11.3 Å². The van der Waals surface area contributed by atoms with Gasteiger partial charge in [-0.1, -0.05) is 30.3 Å². The lowest BCUT2D eigenvalue weighted by atomic mass is 10.1. The molecule has 8 heteroatoms. The van der Waals surface area contributed by atoms with Crippen LogP contribution in [-0.2, 0) is 14.3 Å². The van der Waals surface area contributed by atoms with Crippen LogP contribution in [0.5, 0.6) is 0 Å². The van der Waals surface area contributed by atoms with Gasteiger partial charge in [0, 0.05) is 19.4 Å². The van der Waals surface area contributed by atoms with Crippen molar-refractivity contribution in [2.24, 2.45) is 5.73 Å². The third kappa shape index (κ3) is 4.23. The van der Waals surface area contributed by atoms with Crippen LogP contribution in [0, 0.1) is 0 Å². The number of aromatic nitrogens is 2. The Kier molecular flexibility index (Phi) is 5.53. The fourth-order valence-electron chi connectivity index (χ4n) is 2.46. The average molecular weight is 344 g/mol. The van der Waals surface area contributed by atoms with Crippen LogP contribution in [0.2, 0.25) is 0 Å². The number of amides is 2. The summed E-state index contributed by atoms with van der Waals surface area (Å²) < 4.78 is 6.70. The molecule has 0 aliphatic rings. The normalized spacial score (nSPS) is 11.6. The molecular weight excluding hydrogens is 324 g/mol. The van der Waals surface area contributed by atoms with Gasteiger partial charge in [-0.25, -0.2) is 4.98 Å². The standard InChI is InChI=1S/C17H20N4O4/c1-10(9-25-12(3)23)21-15(13-7-5-4-6-8-13)14(16(18)24)20-17(21)19-11(2)22/h4-8,10H,9H2,1-3H3,(H2,18,24)(H,19,20,22). The van der Waals surface area contributed by atoms with Gasteiger partial charge in [-0.3, -0.25) is 19.7 Å². The van der Waals surface area contributed by atoms with Crippen LogP contribution in [0.4, 0.5) is 5.95 Å². The number of carbonyl (C=O) groups excluding carboxylic acids is 3. The number of hydrogen-bond acceptors (Lipinski definition) is 5. The highest BCUT2D eigenvalue weighted by Crippen LogP contribution is 2.31. The predicted octanol–water partition coefficient (Wildman–Crippen LogP) is 1.73. The number of rotatable bonds is 6. The Balaban J connectivity index is 2.64. The minimum absolute atomic E-state index is 0.0321. The molecule has 25 heavy (non-hydrogen) atoms. The average Bonchev–Trinajstić information content (AvgIpc) is 2.92. The summed E-state index contributed by atoms with van der Waals surface area (Å²) >= 11 is 0. The molecule has 8 nitrogen and oxygen atoms in total. The Labute approximate surface area is 145 Å². The molecule has 0 fully saturated rings. The summed E-state index contributed by atoms with van der Waals surface area (Å²) in [7, 11) is 0. The van der Waals surface area contributed by atoms with E-state index in [2.05, 4.69) is 10.3 Å². The van der Waals surface area contributed by atoms with Crippen molar-refractivity contribution < 1.29 is 19.1 Å². The maximum Gasteiger partial charge on any atom is 0.302 e. The number of nitrogens with zero attached hydrogens (tertiary/aromatic N) is 2. The zero-order valence-corrected chi connectivity index (χ0v) is 14.3. The number of esters is 1. The molecule has 1 aromatic carbocycles. The minimum atomic E-state index is -0.719. The van der Waals surface area contributed by atoms with Crippen molar-refractivity contribution >= 4 is 23.7 Å². The zero-order chi connectivity index (χ0) is 18.6. The van der Waals surface area contributed by atoms with E-state index in [1.807, 2.05) is 18.2 Å². The first-order chi connectivity index (χ1) is 11.8. The predicted molar refractivity (Wildman–Crippen MR) is 91.8 cm³/mol. The Morgan fingerprint density at radius 1 is 1.24 bits per heavy atom. The summed E-state index contributed by atoms with van der Waals surface area (Å²) in [6.45, 7) is 4.48. The number of anilines is 1. The summed E-state index contributed by atoms with van der Waals surface area (Å²) in [6, 6.07) is 8.68. The van der Waals surface area contributed by atoms with Gasteiger partial charge in [0.25, 0.3) is 5.91 Å². The van der Waals surface area contributed by atoms with Gasteiger partial charge in [0.15, 0.2) is 5.69 Å². The number of nitrogens with one attached hydrogen (secondary N) is 1. The van der Waals surface area contributed by atoms with Crippen molar-refractivity contribution in [2.75, 3.05) is 11.9 Å². The topological polar surface area (TPSA) is 116 Å². The maximum absolute atomic E-state index is 11.9. The number of nitrogens with two attached hydrogens (primary N) is 1. The van der Waals surface area contributed by atoms with E-state index >= 15 is 0 Å². The highest BCUT2D eigenvalue weighted by Gasteiger charge is 2.26. The molecule has 0 radical (unpaired) electrons. The molecule has 0 aliphatic carbocycles. The summed E-state index contributed by atoms with van der Waals surface area (Å²) in [4.78, 5) is 38.7. The smallest absolute Gasteiger partial charge is 0.302 e. The van der Waals surface area contributed by atoms with Crippen LogP contribution in [0.25, 0.3) is 11.3 Å². The molecule has 0 saturated carbocycles.